The molecule has 0 unspecified atom stereocenters. The molecule has 18 aromatic rings. The summed E-state index contributed by atoms with van der Waals surface area (Å²) in [7, 11) is 4.31. The fourth-order valence-electron chi connectivity index (χ4n) is 13.9. The first kappa shape index (κ1) is 56.8. The molecule has 0 saturated heterocycles. The summed E-state index contributed by atoms with van der Waals surface area (Å²) >= 11 is 0. The number of benzene rings is 14. The molecular formula is C86H72N4. The summed E-state index contributed by atoms with van der Waals surface area (Å²) < 4.78 is 9.44. The van der Waals surface area contributed by atoms with E-state index in [9.17, 15) is 0 Å². The smallest absolute Gasteiger partial charge is 0.0547 e. The van der Waals surface area contributed by atoms with E-state index in [4.69, 9.17) is 0 Å². The highest BCUT2D eigenvalue weighted by molar-refractivity contribution is 6.24. The molecule has 0 aliphatic rings. The SMILES string of the molecule is CC.CC.CC.Cn1c2ccccc2c2cc(-c3ccc4c(c3)c3c5ccccc5ccc3n4-c3ccc(-c4ccccc4)cc3)ccc21.Cn1c2ccccc2c2cc(-c3ccc4c(c3)c3c5ccccc5ccc3n4-c3ccc4ccccc4c3)ccc21. The van der Waals surface area contributed by atoms with E-state index >= 15 is 0 Å². The van der Waals surface area contributed by atoms with Crippen molar-refractivity contribution >= 4 is 120 Å². The van der Waals surface area contributed by atoms with Gasteiger partial charge in [-0.1, -0.05) is 236 Å². The van der Waals surface area contributed by atoms with Gasteiger partial charge in [-0.3, -0.25) is 0 Å². The van der Waals surface area contributed by atoms with Crippen molar-refractivity contribution in [3.05, 3.63) is 291 Å². The highest BCUT2D eigenvalue weighted by Crippen LogP contribution is 2.43. The Labute approximate surface area is 526 Å². The van der Waals surface area contributed by atoms with Gasteiger partial charge in [-0.05, 0) is 163 Å². The molecule has 0 N–H and O–H groups in total. The molecule has 0 fully saturated rings. The Morgan fingerprint density at radius 1 is 0.189 bits per heavy atom. The van der Waals surface area contributed by atoms with E-state index in [2.05, 4.69) is 324 Å². The lowest BCUT2D eigenvalue weighted by Crippen LogP contribution is -1.94. The second-order valence-corrected chi connectivity index (χ2v) is 22.6. The second-order valence-electron chi connectivity index (χ2n) is 22.6. The van der Waals surface area contributed by atoms with E-state index in [1.165, 1.54) is 164 Å². The van der Waals surface area contributed by atoms with Gasteiger partial charge < -0.3 is 18.3 Å². The lowest BCUT2D eigenvalue weighted by Gasteiger charge is -2.10. The summed E-state index contributed by atoms with van der Waals surface area (Å²) in [5.41, 5.74) is 19.7. The molecule has 90 heavy (non-hydrogen) atoms. The molecule has 0 spiro atoms. The van der Waals surface area contributed by atoms with Gasteiger partial charge in [0.25, 0.3) is 0 Å². The third kappa shape index (κ3) is 9.46. The Balaban J connectivity index is 0.000000146. The van der Waals surface area contributed by atoms with Crippen LogP contribution in [0, 0.1) is 0 Å². The first-order chi connectivity index (χ1) is 44.5. The van der Waals surface area contributed by atoms with E-state index in [1.807, 2.05) is 41.5 Å². The second kappa shape index (κ2) is 24.0. The van der Waals surface area contributed by atoms with Crippen LogP contribution in [0.15, 0.2) is 291 Å². The van der Waals surface area contributed by atoms with Gasteiger partial charge in [-0.25, -0.2) is 0 Å². The maximum Gasteiger partial charge on any atom is 0.0547 e. The normalized spacial score (nSPS) is 11.3. The zero-order valence-electron chi connectivity index (χ0n) is 52.5. The number of hydrogen-bond donors (Lipinski definition) is 0. The zero-order chi connectivity index (χ0) is 61.6. The van der Waals surface area contributed by atoms with Crippen LogP contribution in [0.4, 0.5) is 0 Å². The topological polar surface area (TPSA) is 19.7 Å². The minimum atomic E-state index is 1.17. The summed E-state index contributed by atoms with van der Waals surface area (Å²) in [6, 6.07) is 107. The van der Waals surface area contributed by atoms with Crippen molar-refractivity contribution in [1.82, 2.24) is 18.3 Å². The standard InChI is InChI=1S/C41H28N2.C39H26N2.3C2H6/c1-42-37-14-8-7-13-34(37)35-25-30(18-22-38(35)42)31-19-23-39-36(26-31)41-33-12-6-5-11-29(33)17-24-40(41)43(39)32-20-15-28(16-21-32)27-9-3-2-4-10-27;1-40-35-13-7-6-12-32(35)33-23-28(16-19-36(33)40)29-17-20-37-34(24-29)39-31-11-5-4-9-26(31)15-21-38(39)41(37)30-18-14-25-8-2-3-10-27(25)22-30;3*1-2/h2-26H,1H3;2-24H,1H3;3*1-2H3. The average molecular weight is 1160 g/mol. The Morgan fingerprint density at radius 3 is 1.00 bits per heavy atom. The zero-order valence-corrected chi connectivity index (χ0v) is 52.5. The van der Waals surface area contributed by atoms with Gasteiger partial charge in [-0.2, -0.15) is 0 Å². The predicted molar refractivity (Wildman–Crippen MR) is 392 cm³/mol. The molecule has 4 heterocycles. The van der Waals surface area contributed by atoms with Crippen LogP contribution in [0.25, 0.3) is 164 Å². The molecule has 436 valence electrons. The minimum Gasteiger partial charge on any atom is -0.344 e. The Kier molecular flexibility index (Phi) is 15.1. The fourth-order valence-corrected chi connectivity index (χ4v) is 13.9. The molecule has 4 aromatic heterocycles. The molecule has 4 heteroatoms. The van der Waals surface area contributed by atoms with Crippen molar-refractivity contribution in [3.8, 4) is 44.8 Å². The van der Waals surface area contributed by atoms with Gasteiger partial charge in [0, 0.05) is 90.6 Å². The lowest BCUT2D eigenvalue weighted by molar-refractivity contribution is 1.01. The molecule has 0 aliphatic heterocycles. The van der Waals surface area contributed by atoms with Crippen LogP contribution < -0.4 is 0 Å². The Bertz CT molecular complexity index is 5690. The maximum absolute atomic E-state index is 2.43. The van der Waals surface area contributed by atoms with E-state index < -0.39 is 0 Å². The monoisotopic (exact) mass is 1160 g/mol. The number of para-hydroxylation sites is 2. The molecule has 0 bridgehead atoms. The molecule has 0 saturated carbocycles. The third-order valence-electron chi connectivity index (χ3n) is 18.0. The van der Waals surface area contributed by atoms with Crippen LogP contribution >= 0.6 is 0 Å². The fraction of sp³-hybridized carbons (Fsp3) is 0.0930. The van der Waals surface area contributed by atoms with Crippen LogP contribution in [0.1, 0.15) is 41.5 Å². The summed E-state index contributed by atoms with van der Waals surface area (Å²) in [4.78, 5) is 0. The van der Waals surface area contributed by atoms with E-state index in [1.54, 1.807) is 0 Å². The summed E-state index contributed by atoms with van der Waals surface area (Å²) in [5.74, 6) is 0. The van der Waals surface area contributed by atoms with Crippen molar-refractivity contribution in [2.24, 2.45) is 14.1 Å². The van der Waals surface area contributed by atoms with Crippen molar-refractivity contribution in [3.63, 3.8) is 0 Å². The number of fused-ring (bicyclic) bond motifs is 17. The highest BCUT2D eigenvalue weighted by Gasteiger charge is 2.20. The number of nitrogens with zero attached hydrogens (tertiary/aromatic N) is 4. The predicted octanol–water partition coefficient (Wildman–Crippen LogP) is 24.4. The first-order valence-corrected chi connectivity index (χ1v) is 32.0. The van der Waals surface area contributed by atoms with E-state index in [-0.39, 0.29) is 0 Å². The summed E-state index contributed by atoms with van der Waals surface area (Å²) in [5, 5.41) is 17.9. The maximum atomic E-state index is 2.43. The lowest BCUT2D eigenvalue weighted by atomic mass is 9.99. The molecule has 18 rings (SSSR count). The minimum absolute atomic E-state index is 1.17. The van der Waals surface area contributed by atoms with Gasteiger partial charge in [0.2, 0.25) is 0 Å². The highest BCUT2D eigenvalue weighted by atomic mass is 15.0. The average Bonchev–Trinajstić information content (AvgIpc) is 1.63. The number of aryl methyl sites for hydroxylation is 2. The van der Waals surface area contributed by atoms with E-state index in [0.717, 1.165) is 0 Å². The first-order valence-electron chi connectivity index (χ1n) is 32.0. The Morgan fingerprint density at radius 2 is 0.511 bits per heavy atom. The van der Waals surface area contributed by atoms with Crippen LogP contribution in [0.2, 0.25) is 0 Å². The van der Waals surface area contributed by atoms with Gasteiger partial charge in [-0.15, -0.1) is 0 Å². The molecule has 0 amide bonds. The van der Waals surface area contributed by atoms with Crippen molar-refractivity contribution in [1.29, 1.82) is 0 Å². The number of rotatable bonds is 5. The number of hydrogen-bond acceptors (Lipinski definition) is 0. The van der Waals surface area contributed by atoms with Crippen LogP contribution in [0.5, 0.6) is 0 Å². The third-order valence-corrected chi connectivity index (χ3v) is 18.0. The van der Waals surface area contributed by atoms with Gasteiger partial charge in [0.1, 0.15) is 0 Å². The van der Waals surface area contributed by atoms with Crippen LogP contribution in [0.3, 0.4) is 0 Å². The quantitative estimate of drug-likeness (QED) is 0.164. The number of aromatic nitrogens is 4. The van der Waals surface area contributed by atoms with Gasteiger partial charge in [0.15, 0.2) is 0 Å². The molecule has 0 radical (unpaired) electrons. The largest absolute Gasteiger partial charge is 0.344 e. The van der Waals surface area contributed by atoms with Crippen LogP contribution in [-0.4, -0.2) is 18.3 Å². The van der Waals surface area contributed by atoms with Crippen molar-refractivity contribution in [2.45, 2.75) is 41.5 Å². The molecule has 0 aliphatic carbocycles. The molecule has 14 aromatic carbocycles. The van der Waals surface area contributed by atoms with Gasteiger partial charge >= 0.3 is 0 Å². The van der Waals surface area contributed by atoms with Gasteiger partial charge in [0.05, 0.1) is 22.1 Å². The van der Waals surface area contributed by atoms with Crippen molar-refractivity contribution in [2.75, 3.05) is 0 Å². The molecule has 4 nitrogen and oxygen atoms in total. The van der Waals surface area contributed by atoms with Crippen LogP contribution in [-0.2, 0) is 14.1 Å². The van der Waals surface area contributed by atoms with Crippen molar-refractivity contribution < 1.29 is 0 Å². The Hall–Kier alpha value is -10.9. The molecule has 0 atom stereocenters. The summed E-state index contributed by atoms with van der Waals surface area (Å²) in [6.45, 7) is 12.0. The van der Waals surface area contributed by atoms with E-state index in [0.29, 0.717) is 0 Å². The summed E-state index contributed by atoms with van der Waals surface area (Å²) in [6.07, 6.45) is 0. The molecular weight excluding hydrogens is 1090 g/mol.